The van der Waals surface area contributed by atoms with Gasteiger partial charge in [-0.3, -0.25) is 5.10 Å². The molecule has 0 radical (unpaired) electrons. The lowest BCUT2D eigenvalue weighted by Gasteiger charge is -2.06. The van der Waals surface area contributed by atoms with Crippen LogP contribution in [-0.4, -0.2) is 18.6 Å². The van der Waals surface area contributed by atoms with Gasteiger partial charge in [0.1, 0.15) is 4.90 Å². The number of hydrogen-bond acceptors (Lipinski definition) is 3. The molecule has 0 bridgehead atoms. The Kier molecular flexibility index (Phi) is 3.49. The zero-order chi connectivity index (χ0) is 13.2. The van der Waals surface area contributed by atoms with E-state index in [1.165, 1.54) is 6.20 Å². The summed E-state index contributed by atoms with van der Waals surface area (Å²) in [6, 6.07) is 7.71. The second-order valence-electron chi connectivity index (χ2n) is 4.17. The quantitative estimate of drug-likeness (QED) is 0.879. The molecule has 0 atom stereocenters. The second kappa shape index (κ2) is 4.91. The third-order valence-corrected chi connectivity index (χ3v) is 4.14. The van der Waals surface area contributed by atoms with Gasteiger partial charge in [0.2, 0.25) is 10.0 Å². The summed E-state index contributed by atoms with van der Waals surface area (Å²) >= 11 is 0. The topological polar surface area (TPSA) is 74.8 Å². The van der Waals surface area contributed by atoms with Crippen LogP contribution in [0.4, 0.5) is 0 Å². The van der Waals surface area contributed by atoms with Gasteiger partial charge in [0.15, 0.2) is 0 Å². The van der Waals surface area contributed by atoms with Crippen LogP contribution >= 0.6 is 0 Å². The number of sulfonamides is 1. The molecule has 0 aliphatic carbocycles. The highest BCUT2D eigenvalue weighted by molar-refractivity contribution is 7.89. The Bertz CT molecular complexity index is 647. The van der Waals surface area contributed by atoms with Gasteiger partial charge in [-0.2, -0.15) is 5.10 Å². The van der Waals surface area contributed by atoms with Gasteiger partial charge in [-0.25, -0.2) is 13.1 Å². The first-order chi connectivity index (χ1) is 8.49. The molecule has 2 aromatic rings. The van der Waals surface area contributed by atoms with Crippen molar-refractivity contribution in [2.75, 3.05) is 0 Å². The van der Waals surface area contributed by atoms with E-state index in [1.54, 1.807) is 6.92 Å². The first-order valence-electron chi connectivity index (χ1n) is 5.54. The van der Waals surface area contributed by atoms with Crippen molar-refractivity contribution in [3.8, 4) is 0 Å². The maximum atomic E-state index is 12.0. The van der Waals surface area contributed by atoms with E-state index in [2.05, 4.69) is 14.9 Å². The molecule has 0 unspecified atom stereocenters. The van der Waals surface area contributed by atoms with E-state index < -0.39 is 10.0 Å². The van der Waals surface area contributed by atoms with Crippen LogP contribution in [0.5, 0.6) is 0 Å². The fourth-order valence-electron chi connectivity index (χ4n) is 1.69. The largest absolute Gasteiger partial charge is 0.281 e. The van der Waals surface area contributed by atoms with Gasteiger partial charge in [-0.05, 0) is 19.4 Å². The molecule has 1 aromatic heterocycles. The predicted octanol–water partition coefficient (Wildman–Crippen LogP) is 1.51. The molecule has 2 rings (SSSR count). The minimum atomic E-state index is -3.50. The monoisotopic (exact) mass is 265 g/mol. The normalized spacial score (nSPS) is 11.7. The molecular formula is C12H15N3O2S. The van der Waals surface area contributed by atoms with Crippen LogP contribution in [-0.2, 0) is 16.6 Å². The van der Waals surface area contributed by atoms with Gasteiger partial charge < -0.3 is 0 Å². The van der Waals surface area contributed by atoms with Crippen molar-refractivity contribution in [2.24, 2.45) is 0 Å². The Morgan fingerprint density at radius 1 is 1.33 bits per heavy atom. The van der Waals surface area contributed by atoms with Gasteiger partial charge in [0.05, 0.1) is 11.9 Å². The van der Waals surface area contributed by atoms with Crippen LogP contribution in [0.1, 0.15) is 16.8 Å². The Labute approximate surface area is 106 Å². The lowest BCUT2D eigenvalue weighted by Crippen LogP contribution is -2.23. The molecule has 0 aliphatic heterocycles. The van der Waals surface area contributed by atoms with Crippen molar-refractivity contribution < 1.29 is 8.42 Å². The van der Waals surface area contributed by atoms with Crippen LogP contribution in [0.15, 0.2) is 35.4 Å². The van der Waals surface area contributed by atoms with E-state index in [1.807, 2.05) is 31.2 Å². The SMILES string of the molecule is Cc1cccc(CNS(=O)(=O)c2cn[nH]c2C)c1. The van der Waals surface area contributed by atoms with Crippen LogP contribution in [0.2, 0.25) is 0 Å². The minimum Gasteiger partial charge on any atom is -0.281 e. The smallest absolute Gasteiger partial charge is 0.244 e. The fourth-order valence-corrected chi connectivity index (χ4v) is 2.84. The summed E-state index contributed by atoms with van der Waals surface area (Å²) < 4.78 is 26.6. The van der Waals surface area contributed by atoms with Crippen molar-refractivity contribution in [3.05, 3.63) is 47.3 Å². The van der Waals surface area contributed by atoms with Gasteiger partial charge in [0, 0.05) is 6.54 Å². The fraction of sp³-hybridized carbons (Fsp3) is 0.250. The average Bonchev–Trinajstić information content (AvgIpc) is 2.74. The Morgan fingerprint density at radius 3 is 2.72 bits per heavy atom. The zero-order valence-corrected chi connectivity index (χ0v) is 11.1. The van der Waals surface area contributed by atoms with E-state index >= 15 is 0 Å². The summed E-state index contributed by atoms with van der Waals surface area (Å²) in [5.74, 6) is 0. The van der Waals surface area contributed by atoms with Gasteiger partial charge in [-0.15, -0.1) is 0 Å². The van der Waals surface area contributed by atoms with Crippen LogP contribution in [0.25, 0.3) is 0 Å². The number of nitrogens with zero attached hydrogens (tertiary/aromatic N) is 1. The molecule has 0 saturated heterocycles. The maximum Gasteiger partial charge on any atom is 0.244 e. The highest BCUT2D eigenvalue weighted by Gasteiger charge is 2.17. The van der Waals surface area contributed by atoms with Crippen molar-refractivity contribution >= 4 is 10.0 Å². The molecule has 0 fully saturated rings. The third kappa shape index (κ3) is 2.77. The van der Waals surface area contributed by atoms with E-state index in [0.29, 0.717) is 5.69 Å². The van der Waals surface area contributed by atoms with Gasteiger partial charge >= 0.3 is 0 Å². The number of rotatable bonds is 4. The van der Waals surface area contributed by atoms with E-state index in [9.17, 15) is 8.42 Å². The zero-order valence-electron chi connectivity index (χ0n) is 10.3. The predicted molar refractivity (Wildman–Crippen MR) is 68.5 cm³/mol. The number of H-pyrrole nitrogens is 1. The minimum absolute atomic E-state index is 0.190. The van der Waals surface area contributed by atoms with Crippen molar-refractivity contribution in [3.63, 3.8) is 0 Å². The molecule has 5 nitrogen and oxygen atoms in total. The maximum absolute atomic E-state index is 12.0. The lowest BCUT2D eigenvalue weighted by molar-refractivity contribution is 0.580. The van der Waals surface area contributed by atoms with E-state index in [4.69, 9.17) is 0 Å². The molecule has 0 amide bonds. The van der Waals surface area contributed by atoms with Crippen molar-refractivity contribution in [1.29, 1.82) is 0 Å². The summed E-state index contributed by atoms with van der Waals surface area (Å²) in [5.41, 5.74) is 2.57. The standard InChI is InChI=1S/C12H15N3O2S/c1-9-4-3-5-11(6-9)7-14-18(16,17)12-8-13-15-10(12)2/h3-6,8,14H,7H2,1-2H3,(H,13,15). The van der Waals surface area contributed by atoms with E-state index in [0.717, 1.165) is 11.1 Å². The van der Waals surface area contributed by atoms with Crippen LogP contribution < -0.4 is 4.72 Å². The first kappa shape index (κ1) is 12.8. The average molecular weight is 265 g/mol. The molecule has 1 aromatic carbocycles. The second-order valence-corrected chi connectivity index (χ2v) is 5.91. The molecule has 0 spiro atoms. The summed E-state index contributed by atoms with van der Waals surface area (Å²) in [6.07, 6.45) is 1.31. The molecule has 1 heterocycles. The van der Waals surface area contributed by atoms with Gasteiger partial charge in [0.25, 0.3) is 0 Å². The highest BCUT2D eigenvalue weighted by atomic mass is 32.2. The summed E-state index contributed by atoms with van der Waals surface area (Å²) in [6.45, 7) is 3.92. The molecule has 0 aliphatic rings. The van der Waals surface area contributed by atoms with Crippen LogP contribution in [0.3, 0.4) is 0 Å². The highest BCUT2D eigenvalue weighted by Crippen LogP contribution is 2.12. The number of benzene rings is 1. The van der Waals surface area contributed by atoms with Crippen LogP contribution in [0, 0.1) is 13.8 Å². The third-order valence-electron chi connectivity index (χ3n) is 2.62. The Balaban J connectivity index is 2.13. The Hall–Kier alpha value is -1.66. The number of aromatic amines is 1. The number of hydrogen-bond donors (Lipinski definition) is 2. The molecule has 18 heavy (non-hydrogen) atoms. The summed E-state index contributed by atoms with van der Waals surface area (Å²) in [7, 11) is -3.50. The van der Waals surface area contributed by atoms with Crippen molar-refractivity contribution in [1.82, 2.24) is 14.9 Å². The molecule has 2 N–H and O–H groups in total. The number of nitrogens with one attached hydrogen (secondary N) is 2. The summed E-state index contributed by atoms with van der Waals surface area (Å²) in [5, 5.41) is 6.33. The lowest BCUT2D eigenvalue weighted by atomic mass is 10.1. The molecule has 6 heteroatoms. The van der Waals surface area contributed by atoms with E-state index in [-0.39, 0.29) is 11.4 Å². The molecule has 0 saturated carbocycles. The van der Waals surface area contributed by atoms with Gasteiger partial charge in [-0.1, -0.05) is 29.8 Å². The number of aryl methyl sites for hydroxylation is 2. The van der Waals surface area contributed by atoms with Crippen molar-refractivity contribution in [2.45, 2.75) is 25.3 Å². The molecular weight excluding hydrogens is 250 g/mol. The number of aromatic nitrogens is 2. The first-order valence-corrected chi connectivity index (χ1v) is 7.02. The summed E-state index contributed by atoms with van der Waals surface area (Å²) in [4.78, 5) is 0.190. The molecule has 96 valence electrons. The Morgan fingerprint density at radius 2 is 2.11 bits per heavy atom.